The average molecular weight is 405 g/mol. The van der Waals surface area contributed by atoms with Crippen molar-refractivity contribution in [3.8, 4) is 0 Å². The number of carbonyl (C=O) groups is 1. The van der Waals surface area contributed by atoms with Crippen molar-refractivity contribution in [2.24, 2.45) is 5.73 Å². The molecule has 3 aromatic rings. The number of nitrogens with two attached hydrogens (primary N) is 1. The van der Waals surface area contributed by atoms with Crippen molar-refractivity contribution in [3.63, 3.8) is 0 Å². The Morgan fingerprint density at radius 1 is 1.23 bits per heavy atom. The second kappa shape index (κ2) is 5.95. The lowest BCUT2D eigenvalue weighted by Gasteiger charge is -2.11. The first-order valence-corrected chi connectivity index (χ1v) is 8.62. The molecule has 0 saturated heterocycles. The predicted octanol–water partition coefficient (Wildman–Crippen LogP) is 2.33. The van der Waals surface area contributed by atoms with Crippen LogP contribution in [0.5, 0.6) is 0 Å². The van der Waals surface area contributed by atoms with Gasteiger partial charge in [0, 0.05) is 12.4 Å². The van der Waals surface area contributed by atoms with Crippen molar-refractivity contribution in [1.29, 1.82) is 0 Å². The van der Waals surface area contributed by atoms with E-state index in [2.05, 4.69) is 9.97 Å². The summed E-state index contributed by atoms with van der Waals surface area (Å²) in [6.45, 7) is 0. The maximum atomic E-state index is 12.9. The van der Waals surface area contributed by atoms with Crippen LogP contribution in [0.1, 0.15) is 16.1 Å². The highest BCUT2D eigenvalue weighted by molar-refractivity contribution is 7.91. The largest absolute Gasteiger partial charge is 0.416 e. The van der Waals surface area contributed by atoms with E-state index in [9.17, 15) is 26.4 Å². The molecule has 2 aromatic heterocycles. The number of carbonyl (C=O) groups excluding carboxylic acids is 1. The molecule has 12 heteroatoms. The van der Waals surface area contributed by atoms with Gasteiger partial charge >= 0.3 is 6.18 Å². The monoisotopic (exact) mass is 404 g/mol. The zero-order chi connectivity index (χ0) is 19.3. The van der Waals surface area contributed by atoms with Crippen molar-refractivity contribution < 1.29 is 26.4 Å². The van der Waals surface area contributed by atoms with Crippen molar-refractivity contribution in [2.75, 3.05) is 0 Å². The topological polar surface area (TPSA) is 107 Å². The third-order valence-corrected chi connectivity index (χ3v) is 5.59. The number of hydrogen-bond acceptors (Lipinski definition) is 5. The maximum Gasteiger partial charge on any atom is 0.416 e. The van der Waals surface area contributed by atoms with Crippen LogP contribution >= 0.6 is 11.6 Å². The van der Waals surface area contributed by atoms with E-state index in [4.69, 9.17) is 17.3 Å². The van der Waals surface area contributed by atoms with Gasteiger partial charge in [-0.2, -0.15) is 13.2 Å². The molecule has 1 aromatic carbocycles. The number of fused-ring (bicyclic) bond motifs is 1. The summed E-state index contributed by atoms with van der Waals surface area (Å²) >= 11 is 5.80. The summed E-state index contributed by atoms with van der Waals surface area (Å²) < 4.78 is 65.1. The van der Waals surface area contributed by atoms with Crippen molar-refractivity contribution in [1.82, 2.24) is 14.4 Å². The van der Waals surface area contributed by atoms with Crippen LogP contribution in [0.3, 0.4) is 0 Å². The molecule has 0 radical (unpaired) electrons. The van der Waals surface area contributed by atoms with Crippen LogP contribution in [0.25, 0.3) is 5.78 Å². The molecule has 26 heavy (non-hydrogen) atoms. The Kier molecular flexibility index (Phi) is 4.15. The summed E-state index contributed by atoms with van der Waals surface area (Å²) in [5.41, 5.74) is 3.78. The fraction of sp³-hybridized carbons (Fsp3) is 0.0714. The second-order valence-electron chi connectivity index (χ2n) is 5.13. The van der Waals surface area contributed by atoms with Gasteiger partial charge in [0.05, 0.1) is 21.7 Å². The minimum Gasteiger partial charge on any atom is -0.364 e. The fourth-order valence-corrected chi connectivity index (χ4v) is 3.86. The summed E-state index contributed by atoms with van der Waals surface area (Å²) in [5, 5.41) is -0.374. The van der Waals surface area contributed by atoms with Gasteiger partial charge in [-0.3, -0.25) is 9.20 Å². The minimum absolute atomic E-state index is 0.00658. The van der Waals surface area contributed by atoms with Gasteiger partial charge in [-0.15, -0.1) is 0 Å². The molecule has 0 spiro atoms. The molecule has 2 N–H and O–H groups in total. The Hall–Kier alpha value is -2.66. The van der Waals surface area contributed by atoms with E-state index in [1.807, 2.05) is 0 Å². The smallest absolute Gasteiger partial charge is 0.364 e. The summed E-state index contributed by atoms with van der Waals surface area (Å²) in [6, 6.07) is 1.98. The molecule has 136 valence electrons. The van der Waals surface area contributed by atoms with E-state index in [1.165, 1.54) is 0 Å². The third-order valence-electron chi connectivity index (χ3n) is 3.40. The van der Waals surface area contributed by atoms with Gasteiger partial charge < -0.3 is 5.73 Å². The SMILES string of the molecule is NC(=O)c1cn2cc(S(=O)(=O)c3cc(C(F)(F)F)ccc3Cl)cnc2n1. The summed E-state index contributed by atoms with van der Waals surface area (Å²) in [4.78, 5) is 17.5. The highest BCUT2D eigenvalue weighted by Crippen LogP contribution is 2.35. The van der Waals surface area contributed by atoms with Gasteiger partial charge in [0.2, 0.25) is 15.6 Å². The standard InChI is InChI=1S/C14H8ClF3N4O3S/c15-9-2-1-7(14(16,17)18)3-11(9)26(24,25)8-4-20-13-21-10(12(19)23)6-22(13)5-8/h1-6H,(H2,19,23). The number of rotatable bonds is 3. The Morgan fingerprint density at radius 2 is 1.92 bits per heavy atom. The van der Waals surface area contributed by atoms with Gasteiger partial charge in [-0.1, -0.05) is 11.6 Å². The zero-order valence-corrected chi connectivity index (χ0v) is 14.1. The number of aromatic nitrogens is 3. The van der Waals surface area contributed by atoms with Crippen LogP contribution in [0.15, 0.2) is 46.6 Å². The molecule has 0 saturated carbocycles. The molecule has 0 aliphatic carbocycles. The molecule has 0 aliphatic rings. The van der Waals surface area contributed by atoms with Crippen molar-refractivity contribution in [3.05, 3.63) is 53.1 Å². The Bertz CT molecular complexity index is 1140. The van der Waals surface area contributed by atoms with E-state index in [0.29, 0.717) is 12.1 Å². The van der Waals surface area contributed by atoms with Gasteiger partial charge in [0.1, 0.15) is 10.6 Å². The number of halogens is 4. The van der Waals surface area contributed by atoms with Crippen molar-refractivity contribution >= 4 is 33.1 Å². The van der Waals surface area contributed by atoms with Crippen LogP contribution in [0.2, 0.25) is 5.02 Å². The van der Waals surface area contributed by atoms with E-state index in [0.717, 1.165) is 29.1 Å². The third kappa shape index (κ3) is 3.10. The van der Waals surface area contributed by atoms with Gasteiger partial charge in [0.15, 0.2) is 0 Å². The van der Waals surface area contributed by atoms with Crippen LogP contribution in [0.4, 0.5) is 13.2 Å². The molecule has 0 fully saturated rings. The molecular formula is C14H8ClF3N4O3S. The van der Waals surface area contributed by atoms with Crippen LogP contribution < -0.4 is 5.73 Å². The van der Waals surface area contributed by atoms with Crippen LogP contribution in [-0.2, 0) is 16.0 Å². The van der Waals surface area contributed by atoms with Crippen LogP contribution in [-0.4, -0.2) is 28.7 Å². The Morgan fingerprint density at radius 3 is 2.54 bits per heavy atom. The molecule has 0 aliphatic heterocycles. The molecule has 0 unspecified atom stereocenters. The number of primary amides is 1. The summed E-state index contributed by atoms with van der Waals surface area (Å²) in [6.07, 6.45) is -1.64. The molecule has 0 bridgehead atoms. The fourth-order valence-electron chi connectivity index (χ4n) is 2.14. The molecule has 7 nitrogen and oxygen atoms in total. The lowest BCUT2D eigenvalue weighted by atomic mass is 10.2. The summed E-state index contributed by atoms with van der Waals surface area (Å²) in [7, 11) is -4.41. The van der Waals surface area contributed by atoms with Crippen LogP contribution in [0, 0.1) is 0 Å². The predicted molar refractivity (Wildman–Crippen MR) is 83.4 cm³/mol. The molecule has 2 heterocycles. The second-order valence-corrected chi connectivity index (χ2v) is 7.46. The zero-order valence-electron chi connectivity index (χ0n) is 12.5. The Balaban J connectivity index is 2.16. The van der Waals surface area contributed by atoms with E-state index >= 15 is 0 Å². The highest BCUT2D eigenvalue weighted by atomic mass is 35.5. The number of hydrogen-bond donors (Lipinski definition) is 1. The number of benzene rings is 1. The maximum absolute atomic E-state index is 12.9. The Labute approximate surface area is 149 Å². The van der Waals surface area contributed by atoms with E-state index in [-0.39, 0.29) is 16.5 Å². The van der Waals surface area contributed by atoms with Gasteiger partial charge in [-0.25, -0.2) is 18.4 Å². The first kappa shape index (κ1) is 18.1. The first-order chi connectivity index (χ1) is 12.0. The van der Waals surface area contributed by atoms with Gasteiger partial charge in [-0.05, 0) is 18.2 Å². The first-order valence-electron chi connectivity index (χ1n) is 6.76. The van der Waals surface area contributed by atoms with Crippen molar-refractivity contribution in [2.45, 2.75) is 16.0 Å². The van der Waals surface area contributed by atoms with E-state index in [1.54, 1.807) is 0 Å². The number of sulfone groups is 1. The number of nitrogens with zero attached hydrogens (tertiary/aromatic N) is 3. The lowest BCUT2D eigenvalue weighted by Crippen LogP contribution is -2.10. The molecule has 1 amide bonds. The average Bonchev–Trinajstić information content (AvgIpc) is 2.97. The molecular weight excluding hydrogens is 397 g/mol. The quantitative estimate of drug-likeness (QED) is 0.720. The highest BCUT2D eigenvalue weighted by Gasteiger charge is 2.33. The number of amides is 1. The van der Waals surface area contributed by atoms with E-state index < -0.39 is 37.3 Å². The molecule has 3 rings (SSSR count). The lowest BCUT2D eigenvalue weighted by molar-refractivity contribution is -0.137. The number of imidazole rings is 1. The summed E-state index contributed by atoms with van der Waals surface area (Å²) in [5.74, 6) is -0.853. The molecule has 0 atom stereocenters. The normalized spacial score (nSPS) is 12.5. The minimum atomic E-state index is -4.74. The van der Waals surface area contributed by atoms with Gasteiger partial charge in [0.25, 0.3) is 5.91 Å². The number of alkyl halides is 3.